The molecule has 21 heavy (non-hydrogen) atoms. The van der Waals surface area contributed by atoms with E-state index in [1.54, 1.807) is 0 Å². The van der Waals surface area contributed by atoms with Gasteiger partial charge in [0.05, 0.1) is 0 Å². The summed E-state index contributed by atoms with van der Waals surface area (Å²) in [5.41, 5.74) is 0.756. The lowest BCUT2D eigenvalue weighted by Gasteiger charge is -2.39. The maximum absolute atomic E-state index is 6.57. The zero-order valence-electron chi connectivity index (χ0n) is 14.8. The van der Waals surface area contributed by atoms with E-state index < -0.39 is 8.56 Å². The molecule has 126 valence electrons. The Morgan fingerprint density at radius 3 is 1.76 bits per heavy atom. The van der Waals surface area contributed by atoms with Gasteiger partial charge in [0.2, 0.25) is 0 Å². The van der Waals surface area contributed by atoms with Gasteiger partial charge in [-0.2, -0.15) is 0 Å². The topological polar surface area (TPSA) is 18.5 Å². The number of unbranched alkanes of at least 4 members (excludes halogenated alkanes) is 3. The van der Waals surface area contributed by atoms with Crippen molar-refractivity contribution in [2.24, 2.45) is 0 Å². The highest BCUT2D eigenvalue weighted by Gasteiger charge is 2.45. The molecule has 0 atom stereocenters. The van der Waals surface area contributed by atoms with Crippen molar-refractivity contribution in [3.05, 3.63) is 0 Å². The Morgan fingerprint density at radius 2 is 1.29 bits per heavy atom. The first kappa shape index (κ1) is 19.2. The lowest BCUT2D eigenvalue weighted by molar-refractivity contribution is 0.146. The van der Waals surface area contributed by atoms with E-state index in [-0.39, 0.29) is 0 Å². The minimum atomic E-state index is -1.99. The summed E-state index contributed by atoms with van der Waals surface area (Å²) >= 11 is 0. The van der Waals surface area contributed by atoms with E-state index in [1.807, 2.05) is 0 Å². The number of hydrogen-bond donors (Lipinski definition) is 0. The van der Waals surface area contributed by atoms with E-state index >= 15 is 0 Å². The second-order valence-electron chi connectivity index (χ2n) is 6.65. The Bertz CT molecular complexity index is 229. The number of rotatable bonds is 12. The molecule has 1 rings (SSSR count). The first-order valence-electron chi connectivity index (χ1n) is 9.57. The van der Waals surface area contributed by atoms with E-state index in [0.717, 1.165) is 18.8 Å². The van der Waals surface area contributed by atoms with Crippen LogP contribution < -0.4 is 0 Å². The van der Waals surface area contributed by atoms with E-state index in [2.05, 4.69) is 20.8 Å². The predicted octanol–water partition coefficient (Wildman–Crippen LogP) is 6.20. The van der Waals surface area contributed by atoms with Crippen molar-refractivity contribution in [3.8, 4) is 0 Å². The van der Waals surface area contributed by atoms with Crippen LogP contribution in [0.15, 0.2) is 0 Å². The minimum Gasteiger partial charge on any atom is -0.394 e. The van der Waals surface area contributed by atoms with Crippen molar-refractivity contribution in [1.29, 1.82) is 0 Å². The van der Waals surface area contributed by atoms with Gasteiger partial charge in [-0.25, -0.2) is 0 Å². The van der Waals surface area contributed by atoms with Crippen LogP contribution in [0, 0.1) is 0 Å². The molecular weight excluding hydrogens is 276 g/mol. The molecule has 0 aromatic carbocycles. The molecule has 1 fully saturated rings. The summed E-state index contributed by atoms with van der Waals surface area (Å²) in [6.45, 7) is 8.64. The molecule has 0 radical (unpaired) electrons. The molecule has 1 aliphatic rings. The molecule has 3 heteroatoms. The molecule has 1 saturated carbocycles. The summed E-state index contributed by atoms with van der Waals surface area (Å²) in [4.78, 5) is 0. The Labute approximate surface area is 134 Å². The van der Waals surface area contributed by atoms with E-state index in [9.17, 15) is 0 Å². The van der Waals surface area contributed by atoms with Crippen molar-refractivity contribution < 1.29 is 8.85 Å². The monoisotopic (exact) mass is 314 g/mol. The SMILES string of the molecule is CCCCO[Si](CCCC)(OCCCC)C1CCCCC1. The van der Waals surface area contributed by atoms with Gasteiger partial charge in [0, 0.05) is 18.8 Å². The summed E-state index contributed by atoms with van der Waals surface area (Å²) in [6.07, 6.45) is 14.3. The standard InChI is InChI=1S/C18H38O2Si/c1-4-7-15-19-21(17-9-6-3,20-16-8-5-2)18-13-11-10-12-14-18/h18H,4-17H2,1-3H3. The smallest absolute Gasteiger partial charge is 0.341 e. The lowest BCUT2D eigenvalue weighted by atomic mass is 10.0. The average Bonchev–Trinajstić information content (AvgIpc) is 2.53. The Morgan fingerprint density at radius 1 is 0.762 bits per heavy atom. The maximum atomic E-state index is 6.57. The van der Waals surface area contributed by atoms with Crippen molar-refractivity contribution in [3.63, 3.8) is 0 Å². The first-order chi connectivity index (χ1) is 10.3. The van der Waals surface area contributed by atoms with Gasteiger partial charge in [0.15, 0.2) is 0 Å². The maximum Gasteiger partial charge on any atom is 0.341 e. The molecule has 1 aliphatic carbocycles. The molecular formula is C18H38O2Si. The molecule has 0 aromatic heterocycles. The third-order valence-corrected chi connectivity index (χ3v) is 9.05. The van der Waals surface area contributed by atoms with Gasteiger partial charge in [-0.05, 0) is 31.7 Å². The Hall–Kier alpha value is 0.137. The summed E-state index contributed by atoms with van der Waals surface area (Å²) in [5.74, 6) is 0. The molecule has 0 aliphatic heterocycles. The second kappa shape index (κ2) is 11.7. The van der Waals surface area contributed by atoms with Crippen LogP contribution >= 0.6 is 0 Å². The van der Waals surface area contributed by atoms with Gasteiger partial charge >= 0.3 is 8.56 Å². The van der Waals surface area contributed by atoms with Crippen LogP contribution in [0.5, 0.6) is 0 Å². The summed E-state index contributed by atoms with van der Waals surface area (Å²) in [5, 5.41) is 0. The van der Waals surface area contributed by atoms with Gasteiger partial charge in [0.1, 0.15) is 0 Å². The Balaban J connectivity index is 2.71. The van der Waals surface area contributed by atoms with Crippen LogP contribution in [-0.4, -0.2) is 21.8 Å². The molecule has 0 unspecified atom stereocenters. The molecule has 0 amide bonds. The van der Waals surface area contributed by atoms with Crippen LogP contribution in [-0.2, 0) is 8.85 Å². The highest BCUT2D eigenvalue weighted by atomic mass is 28.4. The van der Waals surface area contributed by atoms with Gasteiger partial charge < -0.3 is 8.85 Å². The Kier molecular flexibility index (Phi) is 10.7. The van der Waals surface area contributed by atoms with Gasteiger partial charge in [-0.1, -0.05) is 65.7 Å². The fraction of sp³-hybridized carbons (Fsp3) is 1.00. The van der Waals surface area contributed by atoms with Gasteiger partial charge in [0.25, 0.3) is 0 Å². The van der Waals surface area contributed by atoms with Crippen LogP contribution in [0.2, 0.25) is 11.6 Å². The summed E-state index contributed by atoms with van der Waals surface area (Å²) in [7, 11) is -1.99. The molecule has 0 bridgehead atoms. The van der Waals surface area contributed by atoms with Crippen molar-refractivity contribution >= 4 is 8.56 Å². The summed E-state index contributed by atoms with van der Waals surface area (Å²) < 4.78 is 13.1. The highest BCUT2D eigenvalue weighted by Crippen LogP contribution is 2.41. The fourth-order valence-corrected chi connectivity index (χ4v) is 7.74. The van der Waals surface area contributed by atoms with Gasteiger partial charge in [-0.15, -0.1) is 0 Å². The van der Waals surface area contributed by atoms with Crippen molar-refractivity contribution in [2.75, 3.05) is 13.2 Å². The molecule has 0 N–H and O–H groups in total. The minimum absolute atomic E-state index is 0.756. The summed E-state index contributed by atoms with van der Waals surface area (Å²) in [6, 6.07) is 1.22. The number of hydrogen-bond acceptors (Lipinski definition) is 2. The van der Waals surface area contributed by atoms with Crippen LogP contribution in [0.3, 0.4) is 0 Å². The van der Waals surface area contributed by atoms with E-state index in [1.165, 1.54) is 76.7 Å². The third-order valence-electron chi connectivity index (χ3n) is 4.79. The first-order valence-corrected chi connectivity index (χ1v) is 11.7. The fourth-order valence-electron chi connectivity index (χ4n) is 3.37. The molecule has 0 saturated heterocycles. The lowest BCUT2D eigenvalue weighted by Crippen LogP contribution is -2.48. The molecule has 0 aromatic rings. The highest BCUT2D eigenvalue weighted by molar-refractivity contribution is 6.69. The largest absolute Gasteiger partial charge is 0.394 e. The van der Waals surface area contributed by atoms with Crippen LogP contribution in [0.25, 0.3) is 0 Å². The quantitative estimate of drug-likeness (QED) is 0.315. The molecule has 2 nitrogen and oxygen atoms in total. The normalized spacial score (nSPS) is 17.3. The molecule has 0 heterocycles. The van der Waals surface area contributed by atoms with Crippen LogP contribution in [0.4, 0.5) is 0 Å². The third kappa shape index (κ3) is 6.83. The zero-order valence-corrected chi connectivity index (χ0v) is 15.8. The predicted molar refractivity (Wildman–Crippen MR) is 94.0 cm³/mol. The van der Waals surface area contributed by atoms with Gasteiger partial charge in [-0.3, -0.25) is 0 Å². The van der Waals surface area contributed by atoms with E-state index in [0.29, 0.717) is 0 Å². The van der Waals surface area contributed by atoms with Crippen molar-refractivity contribution in [1.82, 2.24) is 0 Å². The zero-order chi connectivity index (χ0) is 15.4. The molecule has 0 spiro atoms. The van der Waals surface area contributed by atoms with Crippen LogP contribution in [0.1, 0.15) is 91.4 Å². The van der Waals surface area contributed by atoms with Crippen molar-refractivity contribution in [2.45, 2.75) is 103 Å². The van der Waals surface area contributed by atoms with E-state index in [4.69, 9.17) is 8.85 Å². The second-order valence-corrected chi connectivity index (χ2v) is 10.2. The average molecular weight is 315 g/mol.